The van der Waals surface area contributed by atoms with Gasteiger partial charge in [0, 0.05) is 19.6 Å². The van der Waals surface area contributed by atoms with Gasteiger partial charge in [-0.25, -0.2) is 4.79 Å². The third-order valence-electron chi connectivity index (χ3n) is 3.20. The van der Waals surface area contributed by atoms with Gasteiger partial charge in [-0.2, -0.15) is 0 Å². The Kier molecular flexibility index (Phi) is 8.86. The van der Waals surface area contributed by atoms with E-state index in [9.17, 15) is 4.79 Å². The molecular weight excluding hydrogens is 214 g/mol. The molecule has 1 atom stereocenters. The Balaban J connectivity index is 3.72. The number of amides is 2. The number of nitrogens with one attached hydrogen (secondary N) is 1. The van der Waals surface area contributed by atoms with Crippen LogP contribution in [0.15, 0.2) is 0 Å². The van der Waals surface area contributed by atoms with E-state index in [1.807, 2.05) is 14.0 Å². The van der Waals surface area contributed by atoms with Gasteiger partial charge in [0.05, 0.1) is 0 Å². The molecule has 1 unspecified atom stereocenters. The van der Waals surface area contributed by atoms with E-state index in [0.717, 1.165) is 39.0 Å². The summed E-state index contributed by atoms with van der Waals surface area (Å²) in [6, 6.07) is 0.287. The van der Waals surface area contributed by atoms with Gasteiger partial charge in [0.15, 0.2) is 0 Å². The zero-order chi connectivity index (χ0) is 13.3. The Morgan fingerprint density at radius 2 is 1.76 bits per heavy atom. The highest BCUT2D eigenvalue weighted by Gasteiger charge is 2.10. The van der Waals surface area contributed by atoms with Crippen LogP contribution in [0.1, 0.15) is 40.5 Å². The van der Waals surface area contributed by atoms with E-state index in [4.69, 9.17) is 0 Å². The highest BCUT2D eigenvalue weighted by molar-refractivity contribution is 5.74. The van der Waals surface area contributed by atoms with Crippen LogP contribution in [0.25, 0.3) is 0 Å². The highest BCUT2D eigenvalue weighted by atomic mass is 16.2. The molecule has 0 aromatic carbocycles. The molecule has 102 valence electrons. The van der Waals surface area contributed by atoms with Crippen molar-refractivity contribution in [3.05, 3.63) is 0 Å². The second-order valence-corrected chi connectivity index (χ2v) is 4.53. The van der Waals surface area contributed by atoms with Crippen LogP contribution in [0.2, 0.25) is 0 Å². The average molecular weight is 243 g/mol. The van der Waals surface area contributed by atoms with Gasteiger partial charge in [-0.3, -0.25) is 0 Å². The molecular formula is C13H29N3O. The van der Waals surface area contributed by atoms with Gasteiger partial charge in [-0.1, -0.05) is 13.8 Å². The summed E-state index contributed by atoms with van der Waals surface area (Å²) in [5.74, 6) is 0. The number of carbonyl (C=O) groups is 1. The third-order valence-corrected chi connectivity index (χ3v) is 3.20. The molecule has 0 saturated carbocycles. The van der Waals surface area contributed by atoms with E-state index in [1.165, 1.54) is 0 Å². The van der Waals surface area contributed by atoms with E-state index in [1.54, 1.807) is 4.90 Å². The summed E-state index contributed by atoms with van der Waals surface area (Å²) >= 11 is 0. The summed E-state index contributed by atoms with van der Waals surface area (Å²) in [7, 11) is 1.82. The van der Waals surface area contributed by atoms with Gasteiger partial charge in [0.1, 0.15) is 0 Å². The summed E-state index contributed by atoms with van der Waals surface area (Å²) in [5.41, 5.74) is 0. The molecule has 0 radical (unpaired) electrons. The molecule has 0 aliphatic rings. The van der Waals surface area contributed by atoms with Crippen LogP contribution in [0.5, 0.6) is 0 Å². The van der Waals surface area contributed by atoms with Gasteiger partial charge < -0.3 is 15.1 Å². The first kappa shape index (κ1) is 16.2. The van der Waals surface area contributed by atoms with E-state index in [2.05, 4.69) is 31.0 Å². The van der Waals surface area contributed by atoms with E-state index in [0.29, 0.717) is 0 Å². The van der Waals surface area contributed by atoms with Crippen LogP contribution < -0.4 is 5.32 Å². The monoisotopic (exact) mass is 243 g/mol. The lowest BCUT2D eigenvalue weighted by atomic mass is 10.2. The fraction of sp³-hybridized carbons (Fsp3) is 0.923. The smallest absolute Gasteiger partial charge is 0.317 e. The molecule has 4 heteroatoms. The van der Waals surface area contributed by atoms with Crippen LogP contribution in [0, 0.1) is 0 Å². The summed E-state index contributed by atoms with van der Waals surface area (Å²) in [5, 5.41) is 3.01. The van der Waals surface area contributed by atoms with Crippen molar-refractivity contribution in [1.82, 2.24) is 15.1 Å². The summed E-state index contributed by atoms with van der Waals surface area (Å²) in [6.07, 6.45) is 2.18. The fourth-order valence-electron chi connectivity index (χ4n) is 1.70. The Labute approximate surface area is 106 Å². The molecule has 4 nitrogen and oxygen atoms in total. The largest absolute Gasteiger partial charge is 0.336 e. The van der Waals surface area contributed by atoms with Crippen molar-refractivity contribution in [2.75, 3.05) is 33.2 Å². The lowest BCUT2D eigenvalue weighted by molar-refractivity contribution is 0.206. The maximum Gasteiger partial charge on any atom is 0.317 e. The van der Waals surface area contributed by atoms with Crippen LogP contribution in [-0.4, -0.2) is 55.1 Å². The average Bonchev–Trinajstić information content (AvgIpc) is 2.33. The molecule has 0 fully saturated rings. The SMILES string of the molecule is CCN(CC)CCCC(C)NC(=O)N(C)CC. The Morgan fingerprint density at radius 1 is 1.18 bits per heavy atom. The number of nitrogens with zero attached hydrogens (tertiary/aromatic N) is 2. The van der Waals surface area contributed by atoms with Crippen molar-refractivity contribution in [3.63, 3.8) is 0 Å². The molecule has 0 bridgehead atoms. The predicted molar refractivity (Wildman–Crippen MR) is 73.3 cm³/mol. The minimum Gasteiger partial charge on any atom is -0.336 e. The predicted octanol–water partition coefficient (Wildman–Crippen LogP) is 2.16. The Hall–Kier alpha value is -0.770. The molecule has 0 aromatic rings. The molecule has 0 aromatic heterocycles. The van der Waals surface area contributed by atoms with Crippen molar-refractivity contribution in [2.45, 2.75) is 46.6 Å². The number of carbonyl (C=O) groups excluding carboxylic acids is 1. The van der Waals surface area contributed by atoms with Gasteiger partial charge in [0.25, 0.3) is 0 Å². The van der Waals surface area contributed by atoms with Gasteiger partial charge in [-0.05, 0) is 46.3 Å². The zero-order valence-electron chi connectivity index (χ0n) is 12.1. The maximum atomic E-state index is 11.6. The van der Waals surface area contributed by atoms with Crippen molar-refractivity contribution >= 4 is 6.03 Å². The first-order chi connectivity index (χ1) is 8.04. The second-order valence-electron chi connectivity index (χ2n) is 4.53. The minimum absolute atomic E-state index is 0.0304. The molecule has 2 amide bonds. The topological polar surface area (TPSA) is 35.6 Å². The second kappa shape index (κ2) is 9.28. The molecule has 0 saturated heterocycles. The van der Waals surface area contributed by atoms with Crippen molar-refractivity contribution in [2.24, 2.45) is 0 Å². The maximum absolute atomic E-state index is 11.6. The minimum atomic E-state index is 0.0304. The molecule has 17 heavy (non-hydrogen) atoms. The van der Waals surface area contributed by atoms with Crippen LogP contribution >= 0.6 is 0 Å². The number of hydrogen-bond acceptors (Lipinski definition) is 2. The fourth-order valence-corrected chi connectivity index (χ4v) is 1.70. The van der Waals surface area contributed by atoms with Gasteiger partial charge in [0.2, 0.25) is 0 Å². The van der Waals surface area contributed by atoms with Crippen molar-refractivity contribution in [1.29, 1.82) is 0 Å². The van der Waals surface area contributed by atoms with E-state index >= 15 is 0 Å². The lowest BCUT2D eigenvalue weighted by Gasteiger charge is -2.22. The molecule has 0 rings (SSSR count). The lowest BCUT2D eigenvalue weighted by Crippen LogP contribution is -2.42. The number of hydrogen-bond donors (Lipinski definition) is 1. The van der Waals surface area contributed by atoms with Crippen molar-refractivity contribution < 1.29 is 4.79 Å². The zero-order valence-corrected chi connectivity index (χ0v) is 12.1. The van der Waals surface area contributed by atoms with Crippen LogP contribution in [0.4, 0.5) is 4.79 Å². The Bertz CT molecular complexity index is 205. The van der Waals surface area contributed by atoms with Gasteiger partial charge in [-0.15, -0.1) is 0 Å². The number of urea groups is 1. The summed E-state index contributed by atoms with van der Waals surface area (Å²) in [4.78, 5) is 15.7. The summed E-state index contributed by atoms with van der Waals surface area (Å²) < 4.78 is 0. The molecule has 0 aliphatic heterocycles. The van der Waals surface area contributed by atoms with Gasteiger partial charge >= 0.3 is 6.03 Å². The molecule has 0 spiro atoms. The van der Waals surface area contributed by atoms with E-state index < -0.39 is 0 Å². The molecule has 0 aliphatic carbocycles. The van der Waals surface area contributed by atoms with E-state index in [-0.39, 0.29) is 12.1 Å². The number of rotatable bonds is 8. The molecule has 0 heterocycles. The normalized spacial score (nSPS) is 12.6. The summed E-state index contributed by atoms with van der Waals surface area (Å²) in [6.45, 7) is 12.5. The first-order valence-corrected chi connectivity index (χ1v) is 6.79. The third kappa shape index (κ3) is 7.21. The Morgan fingerprint density at radius 3 is 2.24 bits per heavy atom. The van der Waals surface area contributed by atoms with Crippen LogP contribution in [0.3, 0.4) is 0 Å². The highest BCUT2D eigenvalue weighted by Crippen LogP contribution is 2.00. The van der Waals surface area contributed by atoms with Crippen LogP contribution in [-0.2, 0) is 0 Å². The quantitative estimate of drug-likeness (QED) is 0.709. The van der Waals surface area contributed by atoms with Crippen molar-refractivity contribution in [3.8, 4) is 0 Å². The molecule has 1 N–H and O–H groups in total. The first-order valence-electron chi connectivity index (χ1n) is 6.79. The standard InChI is InChI=1S/C13H29N3O/c1-6-15(5)13(17)14-12(4)10-9-11-16(7-2)8-3/h12H,6-11H2,1-5H3,(H,14,17).